The molecule has 1 aromatic carbocycles. The molecule has 7 heteroatoms. The van der Waals surface area contributed by atoms with Crippen LogP contribution in [0.2, 0.25) is 5.02 Å². The number of hydrogen-bond donors (Lipinski definition) is 0. The molecule has 1 saturated heterocycles. The van der Waals surface area contributed by atoms with Crippen LogP contribution in [0.4, 0.5) is 10.2 Å². The smallest absolute Gasteiger partial charge is 0.225 e. The van der Waals surface area contributed by atoms with Crippen molar-refractivity contribution >= 4 is 23.3 Å². The van der Waals surface area contributed by atoms with Crippen molar-refractivity contribution in [1.82, 2.24) is 14.9 Å². The van der Waals surface area contributed by atoms with Crippen molar-refractivity contribution in [2.75, 3.05) is 31.1 Å². The average Bonchev–Trinajstić information content (AvgIpc) is 2.70. The van der Waals surface area contributed by atoms with Crippen LogP contribution in [-0.4, -0.2) is 47.0 Å². The first-order chi connectivity index (χ1) is 14.8. The summed E-state index contributed by atoms with van der Waals surface area (Å²) in [5.74, 6) is 2.01. The fourth-order valence-electron chi connectivity index (χ4n) is 4.26. The standard InChI is InChI=1S/C24H30ClFN4O/c1-15(2)22-27-16(3)18(14-19-20(25)8-5-9-21(19)26)23(28-22)29-10-12-30(13-11-29)24(31)17-6-4-7-17/h5,8-9,15,17H,4,6-7,10-14H2,1-3H3. The number of carbonyl (C=O) groups excluding carboxylic acids is 1. The number of aryl methyl sites for hydroxylation is 1. The van der Waals surface area contributed by atoms with E-state index in [0.717, 1.165) is 42.2 Å². The summed E-state index contributed by atoms with van der Waals surface area (Å²) in [6.07, 6.45) is 3.55. The third kappa shape index (κ3) is 4.54. The molecule has 0 radical (unpaired) electrons. The molecule has 2 aromatic rings. The van der Waals surface area contributed by atoms with Crippen LogP contribution in [0.5, 0.6) is 0 Å². The van der Waals surface area contributed by atoms with E-state index in [-0.39, 0.29) is 17.7 Å². The van der Waals surface area contributed by atoms with Crippen LogP contribution in [0.15, 0.2) is 18.2 Å². The molecule has 2 aliphatic rings. The predicted molar refractivity (Wildman–Crippen MR) is 121 cm³/mol. The lowest BCUT2D eigenvalue weighted by molar-refractivity contribution is -0.138. The van der Waals surface area contributed by atoms with Gasteiger partial charge < -0.3 is 9.80 Å². The summed E-state index contributed by atoms with van der Waals surface area (Å²) in [5, 5.41) is 0.411. The van der Waals surface area contributed by atoms with E-state index in [2.05, 4.69) is 18.7 Å². The number of hydrogen-bond acceptors (Lipinski definition) is 4. The number of amides is 1. The summed E-state index contributed by atoms with van der Waals surface area (Å²) < 4.78 is 14.5. The zero-order valence-corrected chi connectivity index (χ0v) is 19.3. The third-order valence-electron chi connectivity index (χ3n) is 6.49. The number of aromatic nitrogens is 2. The van der Waals surface area contributed by atoms with Gasteiger partial charge in [0.2, 0.25) is 5.91 Å². The summed E-state index contributed by atoms with van der Waals surface area (Å²) in [6, 6.07) is 4.76. The van der Waals surface area contributed by atoms with Gasteiger partial charge in [-0.15, -0.1) is 0 Å². The van der Waals surface area contributed by atoms with Crippen molar-refractivity contribution in [3.8, 4) is 0 Å². The quantitative estimate of drug-likeness (QED) is 0.668. The second-order valence-electron chi connectivity index (χ2n) is 8.94. The van der Waals surface area contributed by atoms with Gasteiger partial charge in [-0.1, -0.05) is 37.9 Å². The van der Waals surface area contributed by atoms with Crippen LogP contribution >= 0.6 is 11.6 Å². The van der Waals surface area contributed by atoms with Gasteiger partial charge in [-0.05, 0) is 31.9 Å². The highest BCUT2D eigenvalue weighted by molar-refractivity contribution is 6.31. The third-order valence-corrected chi connectivity index (χ3v) is 6.84. The van der Waals surface area contributed by atoms with Gasteiger partial charge in [0.15, 0.2) is 0 Å². The van der Waals surface area contributed by atoms with E-state index in [9.17, 15) is 9.18 Å². The Morgan fingerprint density at radius 2 is 1.87 bits per heavy atom. The van der Waals surface area contributed by atoms with Gasteiger partial charge in [0, 0.05) is 66.3 Å². The summed E-state index contributed by atoms with van der Waals surface area (Å²) in [5.41, 5.74) is 2.21. The van der Waals surface area contributed by atoms with Crippen molar-refractivity contribution in [2.45, 2.75) is 52.4 Å². The van der Waals surface area contributed by atoms with Crippen molar-refractivity contribution in [1.29, 1.82) is 0 Å². The Morgan fingerprint density at radius 1 is 1.16 bits per heavy atom. The highest BCUT2D eigenvalue weighted by Gasteiger charge is 2.32. The Morgan fingerprint density at radius 3 is 2.45 bits per heavy atom. The van der Waals surface area contributed by atoms with E-state index in [4.69, 9.17) is 21.6 Å². The minimum atomic E-state index is -0.318. The lowest BCUT2D eigenvalue weighted by atomic mass is 9.84. The lowest BCUT2D eigenvalue weighted by Crippen LogP contribution is -2.51. The second kappa shape index (κ2) is 9.11. The number of halogens is 2. The topological polar surface area (TPSA) is 49.3 Å². The van der Waals surface area contributed by atoms with Crippen LogP contribution < -0.4 is 4.90 Å². The van der Waals surface area contributed by atoms with Crippen molar-refractivity contribution in [3.05, 3.63) is 51.7 Å². The molecule has 0 N–H and O–H groups in total. The molecule has 1 aliphatic carbocycles. The zero-order valence-electron chi connectivity index (χ0n) is 18.5. The maximum Gasteiger partial charge on any atom is 0.225 e. The molecule has 1 amide bonds. The van der Waals surface area contributed by atoms with E-state index in [0.29, 0.717) is 49.1 Å². The summed E-state index contributed by atoms with van der Waals surface area (Å²) >= 11 is 6.32. The first kappa shape index (κ1) is 22.0. The molecular formula is C24H30ClFN4O. The highest BCUT2D eigenvalue weighted by Crippen LogP contribution is 2.32. The maximum absolute atomic E-state index is 14.5. The molecule has 0 spiro atoms. The summed E-state index contributed by atoms with van der Waals surface area (Å²) in [7, 11) is 0. The molecular weight excluding hydrogens is 415 g/mol. The molecule has 1 aromatic heterocycles. The number of anilines is 1. The minimum absolute atomic E-state index is 0.185. The Kier molecular flexibility index (Phi) is 6.47. The SMILES string of the molecule is Cc1nc(C(C)C)nc(N2CCN(C(=O)C3CCC3)CC2)c1Cc1c(F)cccc1Cl. The largest absolute Gasteiger partial charge is 0.353 e. The normalized spacial score (nSPS) is 17.2. The molecule has 31 heavy (non-hydrogen) atoms. The molecule has 0 atom stereocenters. The van der Waals surface area contributed by atoms with Gasteiger partial charge in [-0.3, -0.25) is 4.79 Å². The maximum atomic E-state index is 14.5. The molecule has 0 bridgehead atoms. The molecule has 5 nitrogen and oxygen atoms in total. The molecule has 2 heterocycles. The molecule has 2 fully saturated rings. The molecule has 0 unspecified atom stereocenters. The van der Waals surface area contributed by atoms with E-state index in [1.807, 2.05) is 11.8 Å². The van der Waals surface area contributed by atoms with E-state index >= 15 is 0 Å². The van der Waals surface area contributed by atoms with Gasteiger partial charge in [0.1, 0.15) is 17.5 Å². The van der Waals surface area contributed by atoms with E-state index < -0.39 is 0 Å². The van der Waals surface area contributed by atoms with Gasteiger partial charge in [0.05, 0.1) is 0 Å². The average molecular weight is 445 g/mol. The van der Waals surface area contributed by atoms with Crippen LogP contribution in [0, 0.1) is 18.7 Å². The van der Waals surface area contributed by atoms with Gasteiger partial charge in [0.25, 0.3) is 0 Å². The van der Waals surface area contributed by atoms with Crippen LogP contribution in [-0.2, 0) is 11.2 Å². The number of nitrogens with zero attached hydrogens (tertiary/aromatic N) is 4. The number of carbonyl (C=O) groups is 1. The number of rotatable bonds is 5. The summed E-state index contributed by atoms with van der Waals surface area (Å²) in [4.78, 5) is 26.4. The van der Waals surface area contributed by atoms with Crippen LogP contribution in [0.25, 0.3) is 0 Å². The molecule has 4 rings (SSSR count). The molecule has 1 saturated carbocycles. The van der Waals surface area contributed by atoms with E-state index in [1.54, 1.807) is 12.1 Å². The highest BCUT2D eigenvalue weighted by atomic mass is 35.5. The Labute approximate surface area is 188 Å². The fourth-order valence-corrected chi connectivity index (χ4v) is 4.49. The van der Waals surface area contributed by atoms with Crippen molar-refractivity contribution in [2.24, 2.45) is 5.92 Å². The van der Waals surface area contributed by atoms with Crippen LogP contribution in [0.3, 0.4) is 0 Å². The predicted octanol–water partition coefficient (Wildman–Crippen LogP) is 4.74. The minimum Gasteiger partial charge on any atom is -0.353 e. The first-order valence-electron chi connectivity index (χ1n) is 11.2. The Balaban J connectivity index is 1.62. The van der Waals surface area contributed by atoms with Crippen LogP contribution in [0.1, 0.15) is 61.7 Å². The lowest BCUT2D eigenvalue weighted by Gasteiger charge is -2.39. The van der Waals surface area contributed by atoms with Crippen molar-refractivity contribution < 1.29 is 9.18 Å². The fraction of sp³-hybridized carbons (Fsp3) is 0.542. The zero-order chi connectivity index (χ0) is 22.1. The number of piperazine rings is 1. The second-order valence-corrected chi connectivity index (χ2v) is 9.35. The first-order valence-corrected chi connectivity index (χ1v) is 11.6. The monoisotopic (exact) mass is 444 g/mol. The van der Waals surface area contributed by atoms with E-state index in [1.165, 1.54) is 6.07 Å². The van der Waals surface area contributed by atoms with Gasteiger partial charge in [-0.2, -0.15) is 0 Å². The Bertz CT molecular complexity index is 948. The van der Waals surface area contributed by atoms with Gasteiger partial charge in [-0.25, -0.2) is 14.4 Å². The van der Waals surface area contributed by atoms with Gasteiger partial charge >= 0.3 is 0 Å². The molecule has 1 aliphatic heterocycles. The molecule has 166 valence electrons. The Hall–Kier alpha value is -2.21. The van der Waals surface area contributed by atoms with Crippen molar-refractivity contribution in [3.63, 3.8) is 0 Å². The number of benzene rings is 1. The summed E-state index contributed by atoms with van der Waals surface area (Å²) in [6.45, 7) is 8.90.